The van der Waals surface area contributed by atoms with Crippen LogP contribution in [0.2, 0.25) is 10.0 Å². The van der Waals surface area contributed by atoms with Gasteiger partial charge in [0.15, 0.2) is 0 Å². The lowest BCUT2D eigenvalue weighted by Crippen LogP contribution is -2.37. The molecule has 2 amide bonds. The number of aliphatic carboxylic acids is 1. The molecule has 170 valence electrons. The van der Waals surface area contributed by atoms with Crippen LogP contribution in [0.1, 0.15) is 58.0 Å². The number of pyridine rings is 1. The summed E-state index contributed by atoms with van der Waals surface area (Å²) in [6.45, 7) is -0.687. The van der Waals surface area contributed by atoms with Crippen molar-refractivity contribution in [1.82, 2.24) is 15.2 Å². The summed E-state index contributed by atoms with van der Waals surface area (Å²) in [6, 6.07) is 4.59. The Morgan fingerprint density at radius 3 is 2.38 bits per heavy atom. The number of amides is 2. The molecular weight excluding hydrogens is 461 g/mol. The number of aromatic nitrogens is 1. The Kier molecular flexibility index (Phi) is 7.42. The fraction of sp³-hybridized carbons (Fsp3) is 0.333. The molecule has 1 saturated carbocycles. The van der Waals surface area contributed by atoms with Crippen molar-refractivity contribution in [2.45, 2.75) is 38.3 Å². The molecule has 0 unspecified atom stereocenters. The molecule has 0 spiro atoms. The Morgan fingerprint density at radius 1 is 1.06 bits per heavy atom. The third-order valence-corrected chi connectivity index (χ3v) is 5.97. The van der Waals surface area contributed by atoms with Crippen LogP contribution in [0.15, 0.2) is 29.2 Å². The molecule has 32 heavy (non-hydrogen) atoms. The first-order valence-electron chi connectivity index (χ1n) is 9.89. The van der Waals surface area contributed by atoms with E-state index in [0.717, 1.165) is 12.8 Å². The maximum absolute atomic E-state index is 12.9. The zero-order valence-electron chi connectivity index (χ0n) is 16.9. The summed E-state index contributed by atoms with van der Waals surface area (Å²) in [4.78, 5) is 49.0. The number of nitrogens with zero attached hydrogens (tertiary/aromatic N) is 1. The van der Waals surface area contributed by atoms with Gasteiger partial charge in [0.1, 0.15) is 17.9 Å². The van der Waals surface area contributed by atoms with Gasteiger partial charge in [-0.05, 0) is 30.5 Å². The Balaban J connectivity index is 1.94. The van der Waals surface area contributed by atoms with Crippen LogP contribution in [-0.2, 0) is 11.3 Å². The van der Waals surface area contributed by atoms with Crippen LogP contribution in [0.4, 0.5) is 0 Å². The lowest BCUT2D eigenvalue weighted by atomic mass is 10.1. The number of carbonyl (C=O) groups is 3. The first kappa shape index (κ1) is 23.6. The molecule has 4 N–H and O–H groups in total. The van der Waals surface area contributed by atoms with Crippen LogP contribution < -0.4 is 16.2 Å². The zero-order valence-corrected chi connectivity index (χ0v) is 18.4. The van der Waals surface area contributed by atoms with E-state index < -0.39 is 41.2 Å². The topological polar surface area (TPSA) is 138 Å². The second-order valence-electron chi connectivity index (χ2n) is 7.42. The second kappa shape index (κ2) is 10.1. The summed E-state index contributed by atoms with van der Waals surface area (Å²) in [5.41, 5.74) is -1.06. The molecule has 9 nitrogen and oxygen atoms in total. The monoisotopic (exact) mass is 481 g/mol. The highest BCUT2D eigenvalue weighted by atomic mass is 35.5. The number of halogens is 2. The van der Waals surface area contributed by atoms with Gasteiger partial charge in [-0.15, -0.1) is 0 Å². The van der Waals surface area contributed by atoms with E-state index in [1.165, 1.54) is 10.8 Å². The quantitative estimate of drug-likeness (QED) is 0.479. The van der Waals surface area contributed by atoms with Gasteiger partial charge < -0.3 is 25.4 Å². The SMILES string of the molecule is O=C(O)CNC(=O)c1c(O)c(C(=O)NCc2ccc(Cl)c(Cl)c2)cn(C2CCCC2)c1=O. The van der Waals surface area contributed by atoms with E-state index in [1.807, 2.05) is 0 Å². The van der Waals surface area contributed by atoms with Crippen LogP contribution in [0.5, 0.6) is 5.75 Å². The normalized spacial score (nSPS) is 13.7. The summed E-state index contributed by atoms with van der Waals surface area (Å²) < 4.78 is 1.27. The minimum absolute atomic E-state index is 0.0538. The van der Waals surface area contributed by atoms with Gasteiger partial charge in [0.25, 0.3) is 17.4 Å². The fourth-order valence-electron chi connectivity index (χ4n) is 3.62. The average Bonchev–Trinajstić information content (AvgIpc) is 3.27. The Hall–Kier alpha value is -3.04. The number of hydrogen-bond acceptors (Lipinski definition) is 5. The molecule has 0 atom stereocenters. The summed E-state index contributed by atoms with van der Waals surface area (Å²) in [5.74, 6) is -3.91. The molecular formula is C21H21Cl2N3O6. The molecule has 0 aliphatic heterocycles. The minimum Gasteiger partial charge on any atom is -0.506 e. The molecule has 1 heterocycles. The summed E-state index contributed by atoms with van der Waals surface area (Å²) in [5, 5.41) is 24.7. The highest BCUT2D eigenvalue weighted by Crippen LogP contribution is 2.30. The average molecular weight is 482 g/mol. The highest BCUT2D eigenvalue weighted by molar-refractivity contribution is 6.42. The van der Waals surface area contributed by atoms with E-state index in [-0.39, 0.29) is 18.2 Å². The van der Waals surface area contributed by atoms with Gasteiger partial charge in [-0.3, -0.25) is 19.2 Å². The van der Waals surface area contributed by atoms with Crippen molar-refractivity contribution in [1.29, 1.82) is 0 Å². The van der Waals surface area contributed by atoms with Crippen molar-refractivity contribution < 1.29 is 24.6 Å². The third kappa shape index (κ3) is 5.23. The fourth-order valence-corrected chi connectivity index (χ4v) is 3.94. The van der Waals surface area contributed by atoms with Gasteiger partial charge in [-0.1, -0.05) is 42.1 Å². The summed E-state index contributed by atoms with van der Waals surface area (Å²) >= 11 is 11.9. The van der Waals surface area contributed by atoms with Gasteiger partial charge in [0, 0.05) is 18.8 Å². The molecule has 1 aliphatic carbocycles. The van der Waals surface area contributed by atoms with Crippen LogP contribution in [0.25, 0.3) is 0 Å². The molecule has 1 aromatic carbocycles. The van der Waals surface area contributed by atoms with Crippen LogP contribution >= 0.6 is 23.2 Å². The lowest BCUT2D eigenvalue weighted by Gasteiger charge is -2.18. The van der Waals surface area contributed by atoms with E-state index in [1.54, 1.807) is 18.2 Å². The Labute approximate surface area is 193 Å². The molecule has 0 bridgehead atoms. The predicted octanol–water partition coefficient (Wildman–Crippen LogP) is 2.72. The first-order chi connectivity index (χ1) is 15.2. The largest absolute Gasteiger partial charge is 0.506 e. The molecule has 1 aliphatic rings. The highest BCUT2D eigenvalue weighted by Gasteiger charge is 2.28. The van der Waals surface area contributed by atoms with Crippen LogP contribution in [0, 0.1) is 0 Å². The van der Waals surface area contributed by atoms with Gasteiger partial charge in [0.05, 0.1) is 15.6 Å². The van der Waals surface area contributed by atoms with E-state index in [2.05, 4.69) is 10.6 Å². The number of benzene rings is 1. The predicted molar refractivity (Wildman–Crippen MR) is 117 cm³/mol. The maximum atomic E-state index is 12.9. The number of nitrogens with one attached hydrogen (secondary N) is 2. The number of carbonyl (C=O) groups excluding carboxylic acids is 2. The molecule has 11 heteroatoms. The van der Waals surface area contributed by atoms with E-state index in [0.29, 0.717) is 28.5 Å². The standard InChI is InChI=1S/C21H21Cl2N3O6/c22-14-6-5-11(7-15(14)23)8-24-19(30)13-10-26(12-3-1-2-4-12)21(32)17(18(13)29)20(31)25-9-16(27)28/h5-7,10,12,29H,1-4,8-9H2,(H,24,30)(H,25,31)(H,27,28). The Bertz CT molecular complexity index is 1130. The van der Waals surface area contributed by atoms with Gasteiger partial charge in [-0.2, -0.15) is 0 Å². The van der Waals surface area contributed by atoms with Crippen molar-refractivity contribution in [3.8, 4) is 5.75 Å². The number of carboxylic acids is 1. The van der Waals surface area contributed by atoms with Gasteiger partial charge >= 0.3 is 5.97 Å². The minimum atomic E-state index is -1.32. The maximum Gasteiger partial charge on any atom is 0.322 e. The molecule has 0 radical (unpaired) electrons. The smallest absolute Gasteiger partial charge is 0.322 e. The molecule has 3 rings (SSSR count). The zero-order chi connectivity index (χ0) is 23.4. The van der Waals surface area contributed by atoms with E-state index >= 15 is 0 Å². The summed E-state index contributed by atoms with van der Waals surface area (Å²) in [6.07, 6.45) is 4.39. The van der Waals surface area contributed by atoms with Crippen molar-refractivity contribution in [3.05, 3.63) is 61.5 Å². The first-order valence-corrected chi connectivity index (χ1v) is 10.6. The Morgan fingerprint density at radius 2 is 1.75 bits per heavy atom. The van der Waals surface area contributed by atoms with Crippen molar-refractivity contribution in [2.75, 3.05) is 6.54 Å². The van der Waals surface area contributed by atoms with Crippen molar-refractivity contribution >= 4 is 41.0 Å². The van der Waals surface area contributed by atoms with Gasteiger partial charge in [0.2, 0.25) is 0 Å². The number of aromatic hydroxyl groups is 1. The van der Waals surface area contributed by atoms with Crippen molar-refractivity contribution in [2.24, 2.45) is 0 Å². The number of carboxylic acid groups (broad SMARTS) is 1. The third-order valence-electron chi connectivity index (χ3n) is 5.24. The number of hydrogen-bond donors (Lipinski definition) is 4. The second-order valence-corrected chi connectivity index (χ2v) is 8.24. The van der Waals surface area contributed by atoms with E-state index in [4.69, 9.17) is 28.3 Å². The lowest BCUT2D eigenvalue weighted by molar-refractivity contribution is -0.135. The van der Waals surface area contributed by atoms with E-state index in [9.17, 15) is 24.3 Å². The molecule has 0 saturated heterocycles. The van der Waals surface area contributed by atoms with Crippen LogP contribution in [-0.4, -0.2) is 39.1 Å². The van der Waals surface area contributed by atoms with Crippen molar-refractivity contribution in [3.63, 3.8) is 0 Å². The van der Waals surface area contributed by atoms with Gasteiger partial charge in [-0.25, -0.2) is 0 Å². The number of rotatable bonds is 7. The molecule has 1 fully saturated rings. The van der Waals surface area contributed by atoms with Crippen LogP contribution in [0.3, 0.4) is 0 Å². The molecule has 1 aromatic heterocycles. The summed E-state index contributed by atoms with van der Waals surface area (Å²) in [7, 11) is 0. The molecule has 2 aromatic rings.